The molecular weight excluding hydrogens is 789 g/mol. The predicted octanol–water partition coefficient (Wildman–Crippen LogP) is 9.30. The molecule has 6 rings (SSSR count). The number of allylic oxidation sites excluding steroid dienone is 7. The zero-order valence-electron chi connectivity index (χ0n) is 34.2. The molecule has 1 aliphatic carbocycles. The van der Waals surface area contributed by atoms with Crippen LogP contribution in [-0.4, -0.2) is 66.1 Å². The summed E-state index contributed by atoms with van der Waals surface area (Å²) in [5.74, 6) is -0.160. The van der Waals surface area contributed by atoms with Gasteiger partial charge in [0.05, 0.1) is 16.1 Å². The maximum absolute atomic E-state index is 11.9. The highest BCUT2D eigenvalue weighted by Gasteiger charge is 2.45. The van der Waals surface area contributed by atoms with Crippen molar-refractivity contribution in [3.05, 3.63) is 131 Å². The Labute approximate surface area is 348 Å². The molecular formula is C46H55N2O9S2+. The molecule has 0 bridgehead atoms. The van der Waals surface area contributed by atoms with Crippen molar-refractivity contribution >= 4 is 43.3 Å². The van der Waals surface area contributed by atoms with Gasteiger partial charge in [-0.1, -0.05) is 55.8 Å². The maximum Gasteiger partial charge on any atom is 0.303 e. The highest BCUT2D eigenvalue weighted by molar-refractivity contribution is 7.86. The van der Waals surface area contributed by atoms with Crippen molar-refractivity contribution in [3.63, 3.8) is 0 Å². The molecule has 0 saturated carbocycles. The van der Waals surface area contributed by atoms with E-state index in [0.29, 0.717) is 43.7 Å². The van der Waals surface area contributed by atoms with Crippen LogP contribution in [0.4, 0.5) is 11.4 Å². The second kappa shape index (κ2) is 17.8. The van der Waals surface area contributed by atoms with E-state index in [1.54, 1.807) is 0 Å². The summed E-state index contributed by atoms with van der Waals surface area (Å²) in [6.07, 6.45) is 14.1. The first-order chi connectivity index (χ1) is 27.9. The third-order valence-corrected chi connectivity index (χ3v) is 13.4. The number of benzene rings is 3. The van der Waals surface area contributed by atoms with Gasteiger partial charge in [0.15, 0.2) is 5.71 Å². The topological polar surface area (TPSA) is 162 Å². The zero-order chi connectivity index (χ0) is 42.6. The lowest BCUT2D eigenvalue weighted by Crippen LogP contribution is -2.29. The summed E-state index contributed by atoms with van der Waals surface area (Å²) in [5, 5.41) is 9.54. The van der Waals surface area contributed by atoms with Gasteiger partial charge in [-0.2, -0.15) is 21.4 Å². The number of rotatable bonds is 17. The second-order valence-corrected chi connectivity index (χ2v) is 19.2. The lowest BCUT2D eigenvalue weighted by Gasteiger charge is -2.30. The predicted molar refractivity (Wildman–Crippen MR) is 231 cm³/mol. The Morgan fingerprint density at radius 2 is 1.56 bits per heavy atom. The molecule has 3 N–H and O–H groups in total. The van der Waals surface area contributed by atoms with Crippen molar-refractivity contribution < 1.29 is 45.2 Å². The first-order valence-corrected chi connectivity index (χ1v) is 23.4. The molecule has 3 aliphatic rings. The molecule has 0 amide bonds. The van der Waals surface area contributed by atoms with Gasteiger partial charge in [-0.05, 0) is 118 Å². The van der Waals surface area contributed by atoms with E-state index in [1.807, 2.05) is 30.3 Å². The normalized spacial score (nSPS) is 20.5. The highest BCUT2D eigenvalue weighted by atomic mass is 32.2. The quantitative estimate of drug-likeness (QED) is 0.0882. The molecule has 0 aromatic heterocycles. The minimum atomic E-state index is -4.41. The molecule has 1 atom stereocenters. The molecule has 2 heterocycles. The van der Waals surface area contributed by atoms with E-state index < -0.39 is 37.0 Å². The molecule has 59 heavy (non-hydrogen) atoms. The van der Waals surface area contributed by atoms with Crippen LogP contribution in [-0.2, 0) is 35.9 Å². The van der Waals surface area contributed by atoms with Crippen LogP contribution in [0.25, 0.3) is 0 Å². The highest BCUT2D eigenvalue weighted by Crippen LogP contribution is 2.51. The monoisotopic (exact) mass is 843 g/mol. The summed E-state index contributed by atoms with van der Waals surface area (Å²) >= 11 is 0. The van der Waals surface area contributed by atoms with E-state index in [0.717, 1.165) is 65.3 Å². The second-order valence-electron chi connectivity index (χ2n) is 16.3. The summed E-state index contributed by atoms with van der Waals surface area (Å²) in [6, 6.07) is 22.0. The molecule has 3 aromatic carbocycles. The van der Waals surface area contributed by atoms with E-state index in [-0.39, 0.29) is 23.5 Å². The summed E-state index contributed by atoms with van der Waals surface area (Å²) < 4.78 is 75.0. The third-order valence-electron chi connectivity index (χ3n) is 11.7. The van der Waals surface area contributed by atoms with E-state index in [1.165, 1.54) is 29.8 Å². The Morgan fingerprint density at radius 1 is 0.864 bits per heavy atom. The van der Waals surface area contributed by atoms with Gasteiger partial charge in [-0.25, -0.2) is 0 Å². The average Bonchev–Trinajstić information content (AvgIpc) is 3.54. The Morgan fingerprint density at radius 3 is 2.24 bits per heavy atom. The van der Waals surface area contributed by atoms with Crippen molar-refractivity contribution in [2.45, 2.75) is 101 Å². The van der Waals surface area contributed by atoms with E-state index in [4.69, 9.17) is 4.74 Å². The van der Waals surface area contributed by atoms with E-state index in [2.05, 4.69) is 79.7 Å². The summed E-state index contributed by atoms with van der Waals surface area (Å²) in [6.45, 7) is 9.81. The van der Waals surface area contributed by atoms with Gasteiger partial charge in [0.2, 0.25) is 5.69 Å². The fraction of sp³-hybridized carbons (Fsp3) is 0.391. The van der Waals surface area contributed by atoms with Gasteiger partial charge in [0, 0.05) is 53.9 Å². The Balaban J connectivity index is 1.48. The first kappa shape index (κ1) is 43.8. The maximum atomic E-state index is 11.9. The number of nitrogens with zero attached hydrogens (tertiary/aromatic N) is 2. The van der Waals surface area contributed by atoms with Gasteiger partial charge < -0.3 is 14.7 Å². The summed E-state index contributed by atoms with van der Waals surface area (Å²) in [5.41, 5.74) is 7.40. The number of anilines is 1. The number of fused-ring (bicyclic) bond motifs is 2. The number of hydrogen-bond acceptors (Lipinski definition) is 7. The number of carboxylic acid groups (broad SMARTS) is 1. The molecule has 1 unspecified atom stereocenters. The van der Waals surface area contributed by atoms with Gasteiger partial charge in [-0.15, -0.1) is 0 Å². The fourth-order valence-electron chi connectivity index (χ4n) is 8.72. The van der Waals surface area contributed by atoms with Crippen LogP contribution in [0.3, 0.4) is 0 Å². The number of unbranched alkanes of at least 4 members (excludes halogenated alkanes) is 1. The van der Waals surface area contributed by atoms with Crippen LogP contribution >= 0.6 is 0 Å². The van der Waals surface area contributed by atoms with Crippen molar-refractivity contribution in [2.24, 2.45) is 0 Å². The van der Waals surface area contributed by atoms with Gasteiger partial charge >= 0.3 is 5.97 Å². The molecule has 2 aliphatic heterocycles. The van der Waals surface area contributed by atoms with Gasteiger partial charge in [0.1, 0.15) is 18.1 Å². The number of carboxylic acids is 1. The zero-order valence-corrected chi connectivity index (χ0v) is 35.9. The number of ether oxygens (including phenoxy) is 1. The number of aliphatic carboxylic acids is 1. The molecule has 11 nitrogen and oxygen atoms in total. The fourth-order valence-corrected chi connectivity index (χ4v) is 9.70. The molecule has 0 fully saturated rings. The third kappa shape index (κ3) is 9.81. The van der Waals surface area contributed by atoms with Gasteiger partial charge in [0.25, 0.3) is 20.2 Å². The number of carbonyl (C=O) groups is 1. The van der Waals surface area contributed by atoms with Crippen molar-refractivity contribution in [2.75, 3.05) is 23.7 Å². The SMILES string of the molecule is CCCCN1/C(=C/C=C2\CCCC(/C=C/C3=[N+](CCCS(=O)(=O)O)c4ccccc4C3(C)C)=C2Oc2ccc(S(=O)(=O)O)cc2)C(C)(CCCC(=O)O)c2ccccc21. The van der Waals surface area contributed by atoms with Crippen LogP contribution in [0, 0.1) is 0 Å². The number of hydrogen-bond donors (Lipinski definition) is 3. The van der Waals surface area contributed by atoms with Crippen LogP contribution < -0.4 is 9.64 Å². The largest absolute Gasteiger partial charge is 0.481 e. The Bertz CT molecular complexity index is 2460. The molecule has 3 aromatic rings. The molecule has 13 heteroatoms. The minimum Gasteiger partial charge on any atom is -0.481 e. The van der Waals surface area contributed by atoms with Crippen molar-refractivity contribution in [1.29, 1.82) is 0 Å². The standard InChI is InChI=1S/C46H54N2O9S2/c1-5-6-30-48-40-19-10-8-17-38(40)46(4,29-12-20-43(49)50)42(48)28-22-34-15-11-14-33(44(34)57-35-23-25-36(26-24-35)59(54,55)56)21-27-41-45(2,3)37-16-7-9-18-39(37)47(41)31-13-32-58(51,52)53/h7-10,16-19,21-28H,5-6,11-15,20,29-32H2,1-4H3,(H2-,49,50,51,52,53,54,55,56)/p+1. The minimum absolute atomic E-state index is 0.0761. The lowest BCUT2D eigenvalue weighted by atomic mass is 9.77. The molecule has 0 saturated heterocycles. The van der Waals surface area contributed by atoms with Crippen LogP contribution in [0.5, 0.6) is 5.75 Å². The Hall–Kier alpha value is -4.82. The van der Waals surface area contributed by atoms with Crippen LogP contribution in [0.15, 0.2) is 125 Å². The number of para-hydroxylation sites is 2. The smallest absolute Gasteiger partial charge is 0.303 e. The molecule has 0 spiro atoms. The lowest BCUT2D eigenvalue weighted by molar-refractivity contribution is -0.437. The summed E-state index contributed by atoms with van der Waals surface area (Å²) in [7, 11) is -8.55. The van der Waals surface area contributed by atoms with Crippen molar-refractivity contribution in [3.8, 4) is 5.75 Å². The van der Waals surface area contributed by atoms with Crippen LogP contribution in [0.2, 0.25) is 0 Å². The van der Waals surface area contributed by atoms with Gasteiger partial charge in [-0.3, -0.25) is 13.9 Å². The van der Waals surface area contributed by atoms with E-state index >= 15 is 0 Å². The Kier molecular flexibility index (Phi) is 13.2. The molecule has 0 radical (unpaired) electrons. The molecule has 314 valence electrons. The summed E-state index contributed by atoms with van der Waals surface area (Å²) in [4.78, 5) is 13.7. The van der Waals surface area contributed by atoms with Crippen molar-refractivity contribution in [1.82, 2.24) is 0 Å². The average molecular weight is 844 g/mol. The van der Waals surface area contributed by atoms with Crippen LogP contribution in [0.1, 0.15) is 96.6 Å². The first-order valence-electron chi connectivity index (χ1n) is 20.3. The van der Waals surface area contributed by atoms with E-state index in [9.17, 15) is 35.8 Å².